The molecule has 1 fully saturated rings. The van der Waals surface area contributed by atoms with Crippen LogP contribution in [0.5, 0.6) is 0 Å². The van der Waals surface area contributed by atoms with Gasteiger partial charge in [0.2, 0.25) is 10.0 Å². The maximum absolute atomic E-state index is 12.9. The Balaban J connectivity index is 2.50. The zero-order valence-corrected chi connectivity index (χ0v) is 13.2. The van der Waals surface area contributed by atoms with Crippen molar-refractivity contribution in [3.63, 3.8) is 0 Å². The van der Waals surface area contributed by atoms with Crippen LogP contribution < -0.4 is 0 Å². The molecule has 0 aromatic carbocycles. The van der Waals surface area contributed by atoms with Gasteiger partial charge in [-0.05, 0) is 44.1 Å². The fraction of sp³-hybridized carbons (Fsp3) is 0.692. The predicted octanol–water partition coefficient (Wildman–Crippen LogP) is 2.50. The quantitative estimate of drug-likeness (QED) is 0.930. The van der Waals surface area contributed by atoms with Crippen molar-refractivity contribution in [3.05, 3.63) is 15.8 Å². The molecular formula is C13H21NO3S2. The molecule has 19 heavy (non-hydrogen) atoms. The smallest absolute Gasteiger partial charge is 0.245 e. The van der Waals surface area contributed by atoms with Gasteiger partial charge in [-0.25, -0.2) is 8.42 Å². The Morgan fingerprint density at radius 1 is 1.47 bits per heavy atom. The van der Waals surface area contributed by atoms with Crippen LogP contribution in [-0.4, -0.2) is 29.9 Å². The van der Waals surface area contributed by atoms with Crippen molar-refractivity contribution in [1.29, 1.82) is 0 Å². The molecule has 0 saturated carbocycles. The van der Waals surface area contributed by atoms with Gasteiger partial charge in [-0.3, -0.25) is 0 Å². The molecule has 0 bridgehead atoms. The first-order valence-corrected chi connectivity index (χ1v) is 8.96. The zero-order chi connectivity index (χ0) is 14.2. The molecule has 1 aromatic rings. The first-order chi connectivity index (χ1) is 8.93. The molecule has 0 amide bonds. The second-order valence-electron chi connectivity index (χ2n) is 5.15. The molecule has 1 aliphatic heterocycles. The van der Waals surface area contributed by atoms with Crippen LogP contribution in [0.25, 0.3) is 0 Å². The molecule has 6 heteroatoms. The minimum absolute atomic E-state index is 0.0424. The Labute approximate surface area is 119 Å². The van der Waals surface area contributed by atoms with Gasteiger partial charge < -0.3 is 5.11 Å². The van der Waals surface area contributed by atoms with Gasteiger partial charge in [0.05, 0.1) is 11.5 Å². The van der Waals surface area contributed by atoms with Crippen LogP contribution in [0.1, 0.15) is 43.6 Å². The van der Waals surface area contributed by atoms with E-state index in [4.69, 9.17) is 0 Å². The lowest BCUT2D eigenvalue weighted by Crippen LogP contribution is -2.40. The Hall–Kier alpha value is -0.430. The maximum Gasteiger partial charge on any atom is 0.245 e. The van der Waals surface area contributed by atoms with Crippen LogP contribution in [0.4, 0.5) is 0 Å². The van der Waals surface area contributed by atoms with Crippen molar-refractivity contribution in [2.75, 3.05) is 0 Å². The summed E-state index contributed by atoms with van der Waals surface area (Å²) in [5.41, 5.74) is 0.739. The summed E-state index contributed by atoms with van der Waals surface area (Å²) in [6, 6.07) is 0.131. The minimum Gasteiger partial charge on any atom is -0.391 e. The highest BCUT2D eigenvalue weighted by molar-refractivity contribution is 7.89. The van der Waals surface area contributed by atoms with Crippen LogP contribution >= 0.6 is 11.3 Å². The van der Waals surface area contributed by atoms with Crippen LogP contribution in [0.2, 0.25) is 0 Å². The van der Waals surface area contributed by atoms with E-state index in [1.165, 1.54) is 11.3 Å². The number of aryl methyl sites for hydroxylation is 1. The number of thiophene rings is 1. The largest absolute Gasteiger partial charge is 0.391 e. The third-order valence-corrected chi connectivity index (χ3v) is 7.37. The maximum atomic E-state index is 12.9. The van der Waals surface area contributed by atoms with E-state index in [9.17, 15) is 13.5 Å². The fourth-order valence-electron chi connectivity index (χ4n) is 2.91. The van der Waals surface area contributed by atoms with Gasteiger partial charge in [0.25, 0.3) is 0 Å². The normalized spacial score (nSPS) is 25.1. The highest BCUT2D eigenvalue weighted by Crippen LogP contribution is 2.36. The first kappa shape index (κ1) is 15.0. The van der Waals surface area contributed by atoms with E-state index < -0.39 is 10.0 Å². The SMILES string of the molecule is CCC1CCC(C)N1S(=O)(=O)c1c(C)csc1CO. The van der Waals surface area contributed by atoms with Gasteiger partial charge in [-0.1, -0.05) is 6.92 Å². The van der Waals surface area contributed by atoms with E-state index >= 15 is 0 Å². The molecule has 2 heterocycles. The predicted molar refractivity (Wildman–Crippen MR) is 76.8 cm³/mol. The number of nitrogens with zero attached hydrogens (tertiary/aromatic N) is 1. The average molecular weight is 303 g/mol. The third kappa shape index (κ3) is 2.46. The van der Waals surface area contributed by atoms with Gasteiger partial charge >= 0.3 is 0 Å². The van der Waals surface area contributed by atoms with Crippen molar-refractivity contribution in [2.24, 2.45) is 0 Å². The van der Waals surface area contributed by atoms with E-state index in [1.54, 1.807) is 16.6 Å². The highest BCUT2D eigenvalue weighted by Gasteiger charge is 2.40. The molecule has 1 aliphatic rings. The first-order valence-electron chi connectivity index (χ1n) is 6.64. The summed E-state index contributed by atoms with van der Waals surface area (Å²) in [7, 11) is -3.50. The number of hydrogen-bond acceptors (Lipinski definition) is 4. The highest BCUT2D eigenvalue weighted by atomic mass is 32.2. The van der Waals surface area contributed by atoms with Crippen molar-refractivity contribution >= 4 is 21.4 Å². The lowest BCUT2D eigenvalue weighted by atomic mass is 10.2. The van der Waals surface area contributed by atoms with Crippen LogP contribution in [0, 0.1) is 6.92 Å². The molecule has 1 saturated heterocycles. The standard InChI is InChI=1S/C13H21NO3S2/c1-4-11-6-5-10(3)14(11)19(16,17)13-9(2)8-18-12(13)7-15/h8,10-11,15H,4-7H2,1-3H3. The van der Waals surface area contributed by atoms with Gasteiger partial charge in [0, 0.05) is 12.1 Å². The Morgan fingerprint density at radius 2 is 2.16 bits per heavy atom. The average Bonchev–Trinajstić information content (AvgIpc) is 2.92. The third-order valence-electron chi connectivity index (χ3n) is 3.85. The van der Waals surface area contributed by atoms with E-state index in [1.807, 2.05) is 13.8 Å². The number of aliphatic hydroxyl groups is 1. The monoisotopic (exact) mass is 303 g/mol. The van der Waals surface area contributed by atoms with E-state index in [0.29, 0.717) is 9.77 Å². The molecule has 0 aliphatic carbocycles. The Morgan fingerprint density at radius 3 is 2.74 bits per heavy atom. The molecule has 108 valence electrons. The molecule has 0 radical (unpaired) electrons. The molecule has 2 rings (SSSR count). The summed E-state index contributed by atoms with van der Waals surface area (Å²) in [6.07, 6.45) is 2.67. The summed E-state index contributed by atoms with van der Waals surface area (Å²) in [5, 5.41) is 11.2. The lowest BCUT2D eigenvalue weighted by molar-refractivity contribution is 0.281. The zero-order valence-electron chi connectivity index (χ0n) is 11.6. The topological polar surface area (TPSA) is 57.6 Å². The van der Waals surface area contributed by atoms with Crippen molar-refractivity contribution in [1.82, 2.24) is 4.31 Å². The number of rotatable bonds is 4. The van der Waals surface area contributed by atoms with Gasteiger partial charge in [-0.15, -0.1) is 11.3 Å². The second-order valence-corrected chi connectivity index (χ2v) is 7.90. The van der Waals surface area contributed by atoms with Gasteiger partial charge in [0.1, 0.15) is 4.90 Å². The van der Waals surface area contributed by atoms with Crippen LogP contribution in [-0.2, 0) is 16.6 Å². The van der Waals surface area contributed by atoms with E-state index in [0.717, 1.165) is 24.8 Å². The summed E-state index contributed by atoms with van der Waals surface area (Å²) in [4.78, 5) is 0.874. The van der Waals surface area contributed by atoms with Crippen LogP contribution in [0.3, 0.4) is 0 Å². The summed E-state index contributed by atoms with van der Waals surface area (Å²) < 4.78 is 27.4. The van der Waals surface area contributed by atoms with E-state index in [-0.39, 0.29) is 18.7 Å². The van der Waals surface area contributed by atoms with Crippen LogP contribution in [0.15, 0.2) is 10.3 Å². The summed E-state index contributed by atoms with van der Waals surface area (Å²) in [6.45, 7) is 5.57. The molecule has 0 spiro atoms. The lowest BCUT2D eigenvalue weighted by Gasteiger charge is -2.27. The minimum atomic E-state index is -3.50. The Kier molecular flexibility index (Phi) is 4.35. The molecule has 2 atom stereocenters. The second kappa shape index (κ2) is 5.52. The Bertz CT molecular complexity index is 550. The molecule has 2 unspecified atom stereocenters. The summed E-state index contributed by atoms with van der Waals surface area (Å²) in [5.74, 6) is 0. The molecule has 1 aromatic heterocycles. The van der Waals surface area contributed by atoms with Gasteiger partial charge in [-0.2, -0.15) is 4.31 Å². The molecule has 4 nitrogen and oxygen atoms in total. The number of aliphatic hydroxyl groups excluding tert-OH is 1. The van der Waals surface area contributed by atoms with Crippen molar-refractivity contribution in [3.8, 4) is 0 Å². The number of hydrogen-bond donors (Lipinski definition) is 1. The molecular weight excluding hydrogens is 282 g/mol. The van der Waals surface area contributed by atoms with Gasteiger partial charge in [0.15, 0.2) is 0 Å². The van der Waals surface area contributed by atoms with Crippen molar-refractivity contribution in [2.45, 2.75) is 63.6 Å². The van der Waals surface area contributed by atoms with Crippen molar-refractivity contribution < 1.29 is 13.5 Å². The summed E-state index contributed by atoms with van der Waals surface area (Å²) >= 11 is 1.32. The van der Waals surface area contributed by atoms with E-state index in [2.05, 4.69) is 0 Å². The fourth-order valence-corrected chi connectivity index (χ4v) is 6.48. The molecule has 1 N–H and O–H groups in total. The number of sulfonamides is 1.